The van der Waals surface area contributed by atoms with E-state index in [1.165, 1.54) is 36.7 Å². The van der Waals surface area contributed by atoms with Gasteiger partial charge in [-0.3, -0.25) is 14.8 Å². The molecule has 0 aliphatic carbocycles. The Balaban J connectivity index is 1.29. The van der Waals surface area contributed by atoms with E-state index in [0.29, 0.717) is 17.0 Å². The lowest BCUT2D eigenvalue weighted by atomic mass is 10.1. The molecule has 1 N–H and O–H groups in total. The first-order valence-electron chi connectivity index (χ1n) is 11.3. The molecule has 35 heavy (non-hydrogen) atoms. The maximum Gasteiger partial charge on any atom is 0.287 e. The molecule has 1 aliphatic heterocycles. The normalized spacial score (nSPS) is 14.3. The zero-order chi connectivity index (χ0) is 24.4. The molecule has 5 rings (SSSR count). The summed E-state index contributed by atoms with van der Waals surface area (Å²) >= 11 is 0. The van der Waals surface area contributed by atoms with Crippen LogP contribution in [-0.4, -0.2) is 37.4 Å². The van der Waals surface area contributed by atoms with Crippen molar-refractivity contribution in [3.63, 3.8) is 0 Å². The molecule has 0 saturated carbocycles. The average molecular weight is 495 g/mol. The van der Waals surface area contributed by atoms with E-state index in [4.69, 9.17) is 4.42 Å². The van der Waals surface area contributed by atoms with Crippen LogP contribution in [0.25, 0.3) is 11.0 Å². The third-order valence-electron chi connectivity index (χ3n) is 5.97. The number of nitrogens with one attached hydrogen (secondary N) is 1. The highest BCUT2D eigenvalue weighted by atomic mass is 32.2. The van der Waals surface area contributed by atoms with Crippen LogP contribution in [0.2, 0.25) is 0 Å². The highest BCUT2D eigenvalue weighted by Gasteiger charge is 2.22. The summed E-state index contributed by atoms with van der Waals surface area (Å²) in [4.78, 5) is 22.4. The summed E-state index contributed by atoms with van der Waals surface area (Å²) in [6.45, 7) is 1.62. The molecule has 0 atom stereocenters. The van der Waals surface area contributed by atoms with Crippen molar-refractivity contribution < 1.29 is 22.0 Å². The number of benzene rings is 1. The van der Waals surface area contributed by atoms with Gasteiger partial charge in [0.25, 0.3) is 5.91 Å². The van der Waals surface area contributed by atoms with E-state index in [0.717, 1.165) is 43.8 Å². The Morgan fingerprint density at radius 3 is 2.60 bits per heavy atom. The van der Waals surface area contributed by atoms with Gasteiger partial charge in [-0.2, -0.15) is 0 Å². The number of hydrogen-bond acceptors (Lipinski definition) is 7. The number of piperidine rings is 1. The minimum atomic E-state index is -3.97. The Bertz CT molecular complexity index is 1450. The maximum absolute atomic E-state index is 14.3. The van der Waals surface area contributed by atoms with Gasteiger partial charge in [-0.15, -0.1) is 0 Å². The second kappa shape index (κ2) is 9.46. The quantitative estimate of drug-likeness (QED) is 0.430. The van der Waals surface area contributed by atoms with Crippen molar-refractivity contribution in [3.8, 4) is 0 Å². The molecule has 3 aromatic heterocycles. The molecule has 4 aromatic rings. The molecule has 0 bridgehead atoms. The molecule has 1 aromatic carbocycles. The topological polar surface area (TPSA) is 105 Å². The predicted octanol–water partition coefficient (Wildman–Crippen LogP) is 4.12. The molecule has 1 fully saturated rings. The van der Waals surface area contributed by atoms with E-state index in [-0.39, 0.29) is 22.1 Å². The average Bonchev–Trinajstić information content (AvgIpc) is 3.32. The first-order valence-corrected chi connectivity index (χ1v) is 12.8. The molecule has 1 saturated heterocycles. The van der Waals surface area contributed by atoms with E-state index < -0.39 is 21.6 Å². The van der Waals surface area contributed by atoms with Crippen molar-refractivity contribution >= 4 is 32.4 Å². The summed E-state index contributed by atoms with van der Waals surface area (Å²) in [5, 5.41) is 3.46. The fraction of sp³-hybridized carbons (Fsp3) is 0.240. The molecule has 0 spiro atoms. The van der Waals surface area contributed by atoms with Crippen LogP contribution in [-0.2, 0) is 16.4 Å². The summed E-state index contributed by atoms with van der Waals surface area (Å²) < 4.78 is 46.1. The van der Waals surface area contributed by atoms with E-state index in [9.17, 15) is 17.6 Å². The summed E-state index contributed by atoms with van der Waals surface area (Å²) in [6.07, 6.45) is 7.46. The lowest BCUT2D eigenvalue weighted by Crippen LogP contribution is -2.29. The van der Waals surface area contributed by atoms with Crippen LogP contribution in [0.5, 0.6) is 0 Å². The molecule has 0 radical (unpaired) electrons. The number of halogens is 1. The van der Waals surface area contributed by atoms with Gasteiger partial charge in [-0.25, -0.2) is 12.8 Å². The van der Waals surface area contributed by atoms with Crippen molar-refractivity contribution in [2.45, 2.75) is 35.6 Å². The number of carbonyl (C=O) groups excluding carboxylic acids is 1. The third-order valence-corrected chi connectivity index (χ3v) is 7.69. The summed E-state index contributed by atoms with van der Waals surface area (Å²) in [5.41, 5.74) is 1.53. The van der Waals surface area contributed by atoms with Gasteiger partial charge in [-0.1, -0.05) is 0 Å². The maximum atomic E-state index is 14.3. The largest absolute Gasteiger partial charge is 0.449 e. The smallest absolute Gasteiger partial charge is 0.287 e. The highest BCUT2D eigenvalue weighted by molar-refractivity contribution is 7.91. The molecule has 1 amide bonds. The van der Waals surface area contributed by atoms with Gasteiger partial charge in [0.05, 0.1) is 28.2 Å². The number of hydrogen-bond donors (Lipinski definition) is 1. The van der Waals surface area contributed by atoms with Crippen LogP contribution in [0.1, 0.15) is 35.5 Å². The number of amides is 1. The van der Waals surface area contributed by atoms with Gasteiger partial charge < -0.3 is 14.6 Å². The lowest BCUT2D eigenvalue weighted by Gasteiger charge is -2.29. The number of carbonyl (C=O) groups is 1. The Morgan fingerprint density at radius 1 is 1.03 bits per heavy atom. The fourth-order valence-electron chi connectivity index (χ4n) is 4.10. The van der Waals surface area contributed by atoms with Crippen LogP contribution in [0.15, 0.2) is 75.3 Å². The molecule has 10 heteroatoms. The van der Waals surface area contributed by atoms with Gasteiger partial charge in [-0.05, 0) is 61.7 Å². The second-order valence-corrected chi connectivity index (χ2v) is 10.3. The fourth-order valence-corrected chi connectivity index (χ4v) is 5.36. The van der Waals surface area contributed by atoms with Gasteiger partial charge in [0.15, 0.2) is 11.3 Å². The van der Waals surface area contributed by atoms with Crippen molar-refractivity contribution in [1.82, 2.24) is 15.3 Å². The highest BCUT2D eigenvalue weighted by Crippen LogP contribution is 2.28. The number of pyridine rings is 2. The zero-order valence-electron chi connectivity index (χ0n) is 18.8. The van der Waals surface area contributed by atoms with Gasteiger partial charge in [0, 0.05) is 36.6 Å². The van der Waals surface area contributed by atoms with Crippen LogP contribution in [0.3, 0.4) is 0 Å². The number of aromatic nitrogens is 2. The number of sulfone groups is 1. The van der Waals surface area contributed by atoms with Crippen molar-refractivity contribution in [2.75, 3.05) is 18.0 Å². The van der Waals surface area contributed by atoms with Crippen LogP contribution in [0, 0.1) is 5.82 Å². The first kappa shape index (κ1) is 23.0. The molecule has 1 aliphatic rings. The Hall–Kier alpha value is -3.79. The number of fused-ring (bicyclic) bond motifs is 1. The summed E-state index contributed by atoms with van der Waals surface area (Å²) in [6, 6.07) is 10.2. The first-order chi connectivity index (χ1) is 16.9. The van der Waals surface area contributed by atoms with E-state index in [2.05, 4.69) is 15.3 Å². The molecule has 8 nitrogen and oxygen atoms in total. The van der Waals surface area contributed by atoms with E-state index >= 15 is 0 Å². The Labute approximate surface area is 201 Å². The third kappa shape index (κ3) is 4.88. The molecule has 180 valence electrons. The summed E-state index contributed by atoms with van der Waals surface area (Å²) in [7, 11) is -3.97. The summed E-state index contributed by atoms with van der Waals surface area (Å²) in [5.74, 6) is -0.882. The molecular formula is C25H23FN4O4S. The van der Waals surface area contributed by atoms with Crippen LogP contribution >= 0.6 is 0 Å². The zero-order valence-corrected chi connectivity index (χ0v) is 19.6. The number of nitrogens with zero attached hydrogens (tertiary/aromatic N) is 3. The molecule has 4 heterocycles. The Morgan fingerprint density at radius 2 is 1.86 bits per heavy atom. The van der Waals surface area contributed by atoms with Crippen molar-refractivity contribution in [3.05, 3.63) is 78.3 Å². The second-order valence-electron chi connectivity index (χ2n) is 8.39. The Kier molecular flexibility index (Phi) is 6.21. The monoisotopic (exact) mass is 494 g/mol. The SMILES string of the molecule is O=C(NCc1ccc(S(=O)(=O)c2cc(F)cc(N3CCCCC3)c2)cn1)c1cc2ccncc2o1. The number of furan rings is 1. The molecule has 0 unspecified atom stereocenters. The van der Waals surface area contributed by atoms with E-state index in [1.807, 2.05) is 4.90 Å². The standard InChI is InChI=1S/C25H23FN4O4S/c26-18-11-20(30-8-2-1-3-9-30)13-22(12-18)35(32,33)21-5-4-19(28-15-21)14-29-25(31)23-10-17-6-7-27-16-24(17)34-23/h4-7,10-13,15-16H,1-3,8-9,14H2,(H,29,31). The van der Waals surface area contributed by atoms with Crippen molar-refractivity contribution in [1.29, 1.82) is 0 Å². The van der Waals surface area contributed by atoms with Crippen molar-refractivity contribution in [2.24, 2.45) is 0 Å². The number of rotatable bonds is 6. The minimum Gasteiger partial charge on any atom is -0.449 e. The van der Waals surface area contributed by atoms with Crippen LogP contribution < -0.4 is 10.2 Å². The lowest BCUT2D eigenvalue weighted by molar-refractivity contribution is 0.0925. The van der Waals surface area contributed by atoms with Crippen LogP contribution in [0.4, 0.5) is 10.1 Å². The van der Waals surface area contributed by atoms with Gasteiger partial charge in [0.1, 0.15) is 5.82 Å². The van der Waals surface area contributed by atoms with Gasteiger partial charge >= 0.3 is 0 Å². The van der Waals surface area contributed by atoms with Gasteiger partial charge in [0.2, 0.25) is 9.84 Å². The minimum absolute atomic E-state index is 0.0486. The predicted molar refractivity (Wildman–Crippen MR) is 127 cm³/mol. The number of anilines is 1. The van der Waals surface area contributed by atoms with E-state index in [1.54, 1.807) is 18.3 Å². The molecular weight excluding hydrogens is 471 g/mol.